The van der Waals surface area contributed by atoms with Crippen molar-refractivity contribution < 1.29 is 23.9 Å². The molecule has 2 aromatic carbocycles. The average molecular weight is 384 g/mol. The van der Waals surface area contributed by atoms with Crippen LogP contribution in [0.15, 0.2) is 54.6 Å². The van der Waals surface area contributed by atoms with Crippen LogP contribution in [0.3, 0.4) is 0 Å². The number of carbonyl (C=O) groups is 3. The molecule has 0 heterocycles. The van der Waals surface area contributed by atoms with Gasteiger partial charge >= 0.3 is 5.97 Å². The SMILES string of the molecule is CCOc1ccccc1C(=O)NCC(=O)O[C@H](C)C(=O)NCc1ccccc1. The minimum atomic E-state index is -0.969. The maximum Gasteiger partial charge on any atom is 0.326 e. The lowest BCUT2D eigenvalue weighted by Crippen LogP contribution is -2.38. The predicted molar refractivity (Wildman–Crippen MR) is 104 cm³/mol. The van der Waals surface area contributed by atoms with Gasteiger partial charge in [-0.3, -0.25) is 14.4 Å². The molecule has 0 fully saturated rings. The first-order valence-corrected chi connectivity index (χ1v) is 9.02. The molecule has 1 atom stereocenters. The predicted octanol–water partition coefficient (Wildman–Crippen LogP) is 2.06. The quantitative estimate of drug-likeness (QED) is 0.646. The monoisotopic (exact) mass is 384 g/mol. The Hall–Kier alpha value is -3.35. The number of carbonyl (C=O) groups excluding carboxylic acids is 3. The van der Waals surface area contributed by atoms with Crippen LogP contribution in [0.5, 0.6) is 5.75 Å². The van der Waals surface area contributed by atoms with Crippen LogP contribution in [-0.2, 0) is 20.9 Å². The Kier molecular flexibility index (Phi) is 8.02. The fourth-order valence-corrected chi connectivity index (χ4v) is 2.40. The molecule has 0 saturated heterocycles. The molecule has 0 aliphatic heterocycles. The van der Waals surface area contributed by atoms with Crippen LogP contribution in [0.4, 0.5) is 0 Å². The molecule has 0 radical (unpaired) electrons. The Bertz CT molecular complexity index is 807. The number of para-hydroxylation sites is 1. The highest BCUT2D eigenvalue weighted by Gasteiger charge is 2.19. The molecule has 0 spiro atoms. The summed E-state index contributed by atoms with van der Waals surface area (Å²) in [7, 11) is 0. The van der Waals surface area contributed by atoms with Crippen LogP contribution < -0.4 is 15.4 Å². The summed E-state index contributed by atoms with van der Waals surface area (Å²) in [6, 6.07) is 16.1. The van der Waals surface area contributed by atoms with Crippen molar-refractivity contribution in [1.29, 1.82) is 0 Å². The number of hydrogen-bond acceptors (Lipinski definition) is 5. The minimum Gasteiger partial charge on any atom is -0.493 e. The van der Waals surface area contributed by atoms with E-state index in [-0.39, 0.29) is 6.54 Å². The first kappa shape index (κ1) is 21.0. The second-order valence-electron chi connectivity index (χ2n) is 5.95. The molecule has 0 aliphatic carbocycles. The zero-order chi connectivity index (χ0) is 20.4. The number of hydrogen-bond donors (Lipinski definition) is 2. The van der Waals surface area contributed by atoms with Gasteiger partial charge in [0.2, 0.25) is 0 Å². The van der Waals surface area contributed by atoms with E-state index in [4.69, 9.17) is 9.47 Å². The van der Waals surface area contributed by atoms with Gasteiger partial charge in [-0.1, -0.05) is 42.5 Å². The molecule has 0 aliphatic rings. The van der Waals surface area contributed by atoms with E-state index in [1.165, 1.54) is 6.92 Å². The fourth-order valence-electron chi connectivity index (χ4n) is 2.40. The number of amides is 2. The summed E-state index contributed by atoms with van der Waals surface area (Å²) in [6.07, 6.45) is -0.969. The Labute approximate surface area is 164 Å². The number of nitrogens with one attached hydrogen (secondary N) is 2. The van der Waals surface area contributed by atoms with Gasteiger partial charge in [0.25, 0.3) is 11.8 Å². The standard InChI is InChI=1S/C21H24N2O5/c1-3-27-18-12-8-7-11-17(18)21(26)23-14-19(24)28-15(2)20(25)22-13-16-9-5-4-6-10-16/h4-12,15H,3,13-14H2,1-2H3,(H,22,25)(H,23,26)/t15-/m1/s1. The number of benzene rings is 2. The second kappa shape index (κ2) is 10.7. The lowest BCUT2D eigenvalue weighted by atomic mass is 10.2. The summed E-state index contributed by atoms with van der Waals surface area (Å²) in [5.41, 5.74) is 1.26. The first-order chi connectivity index (χ1) is 13.5. The lowest BCUT2D eigenvalue weighted by Gasteiger charge is -2.14. The van der Waals surface area contributed by atoms with E-state index in [1.54, 1.807) is 24.3 Å². The molecule has 7 heteroatoms. The topological polar surface area (TPSA) is 93.7 Å². The molecule has 0 bridgehead atoms. The van der Waals surface area contributed by atoms with E-state index in [1.807, 2.05) is 37.3 Å². The zero-order valence-electron chi connectivity index (χ0n) is 15.9. The molecular formula is C21H24N2O5. The normalized spacial score (nSPS) is 11.2. The van der Waals surface area contributed by atoms with E-state index >= 15 is 0 Å². The smallest absolute Gasteiger partial charge is 0.326 e. The van der Waals surface area contributed by atoms with Crippen LogP contribution >= 0.6 is 0 Å². The third-order valence-corrected chi connectivity index (χ3v) is 3.81. The van der Waals surface area contributed by atoms with Gasteiger partial charge in [0, 0.05) is 6.54 Å². The van der Waals surface area contributed by atoms with Gasteiger partial charge in [0.1, 0.15) is 12.3 Å². The van der Waals surface area contributed by atoms with Gasteiger partial charge in [0.15, 0.2) is 6.10 Å². The van der Waals surface area contributed by atoms with Gasteiger partial charge in [-0.05, 0) is 31.5 Å². The number of ether oxygens (including phenoxy) is 2. The van der Waals surface area contributed by atoms with Gasteiger partial charge in [0.05, 0.1) is 12.2 Å². The van der Waals surface area contributed by atoms with Crippen molar-refractivity contribution in [3.63, 3.8) is 0 Å². The maximum atomic E-state index is 12.2. The molecule has 148 valence electrons. The molecule has 2 N–H and O–H groups in total. The Morgan fingerprint density at radius 2 is 1.64 bits per heavy atom. The van der Waals surface area contributed by atoms with Gasteiger partial charge < -0.3 is 20.1 Å². The highest BCUT2D eigenvalue weighted by atomic mass is 16.5. The van der Waals surface area contributed by atoms with Crippen molar-refractivity contribution in [2.45, 2.75) is 26.5 Å². The van der Waals surface area contributed by atoms with E-state index in [9.17, 15) is 14.4 Å². The zero-order valence-corrected chi connectivity index (χ0v) is 15.9. The van der Waals surface area contributed by atoms with Crippen molar-refractivity contribution in [2.24, 2.45) is 0 Å². The van der Waals surface area contributed by atoms with E-state index in [0.717, 1.165) is 5.56 Å². The van der Waals surface area contributed by atoms with Gasteiger partial charge in [-0.2, -0.15) is 0 Å². The van der Waals surface area contributed by atoms with E-state index in [0.29, 0.717) is 24.5 Å². The summed E-state index contributed by atoms with van der Waals surface area (Å²) in [5.74, 6) is -1.14. The van der Waals surface area contributed by atoms with Crippen molar-refractivity contribution in [3.05, 3.63) is 65.7 Å². The van der Waals surface area contributed by atoms with Crippen LogP contribution in [0.25, 0.3) is 0 Å². The fraction of sp³-hybridized carbons (Fsp3) is 0.286. The van der Waals surface area contributed by atoms with Crippen LogP contribution in [0.2, 0.25) is 0 Å². The van der Waals surface area contributed by atoms with E-state index < -0.39 is 23.9 Å². The number of rotatable bonds is 9. The lowest BCUT2D eigenvalue weighted by molar-refractivity contribution is -0.153. The highest BCUT2D eigenvalue weighted by Crippen LogP contribution is 2.17. The molecule has 0 unspecified atom stereocenters. The molecule has 2 amide bonds. The van der Waals surface area contributed by atoms with Gasteiger partial charge in [-0.25, -0.2) is 0 Å². The largest absolute Gasteiger partial charge is 0.493 e. The van der Waals surface area contributed by atoms with Crippen molar-refractivity contribution in [3.8, 4) is 5.75 Å². The summed E-state index contributed by atoms with van der Waals surface area (Å²) in [6.45, 7) is 3.70. The Morgan fingerprint density at radius 1 is 0.964 bits per heavy atom. The summed E-state index contributed by atoms with van der Waals surface area (Å²) < 4.78 is 10.5. The second-order valence-corrected chi connectivity index (χ2v) is 5.95. The highest BCUT2D eigenvalue weighted by molar-refractivity contribution is 5.98. The van der Waals surface area contributed by atoms with Crippen molar-refractivity contribution in [2.75, 3.05) is 13.2 Å². The van der Waals surface area contributed by atoms with Crippen LogP contribution in [-0.4, -0.2) is 37.0 Å². The molecule has 2 aromatic rings. The first-order valence-electron chi connectivity index (χ1n) is 9.02. The molecule has 0 saturated carbocycles. The molecule has 2 rings (SSSR count). The summed E-state index contributed by atoms with van der Waals surface area (Å²) in [4.78, 5) is 36.2. The third kappa shape index (κ3) is 6.42. The Balaban J connectivity index is 1.78. The summed E-state index contributed by atoms with van der Waals surface area (Å²) >= 11 is 0. The number of esters is 1. The molecular weight excluding hydrogens is 360 g/mol. The third-order valence-electron chi connectivity index (χ3n) is 3.81. The van der Waals surface area contributed by atoms with Crippen molar-refractivity contribution >= 4 is 17.8 Å². The van der Waals surface area contributed by atoms with Crippen LogP contribution in [0, 0.1) is 0 Å². The molecule has 28 heavy (non-hydrogen) atoms. The van der Waals surface area contributed by atoms with E-state index in [2.05, 4.69) is 10.6 Å². The molecule has 0 aromatic heterocycles. The summed E-state index contributed by atoms with van der Waals surface area (Å²) in [5, 5.41) is 5.17. The van der Waals surface area contributed by atoms with Crippen molar-refractivity contribution in [1.82, 2.24) is 10.6 Å². The average Bonchev–Trinajstić information content (AvgIpc) is 2.71. The Morgan fingerprint density at radius 3 is 2.36 bits per heavy atom. The van der Waals surface area contributed by atoms with Gasteiger partial charge in [-0.15, -0.1) is 0 Å². The maximum absolute atomic E-state index is 12.2. The molecule has 7 nitrogen and oxygen atoms in total. The minimum absolute atomic E-state index is 0.325. The van der Waals surface area contributed by atoms with Crippen LogP contribution in [0.1, 0.15) is 29.8 Å².